The van der Waals surface area contributed by atoms with Crippen LogP contribution in [-0.4, -0.2) is 37.2 Å². The van der Waals surface area contributed by atoms with Crippen LogP contribution in [0.4, 0.5) is 0 Å². The summed E-state index contributed by atoms with van der Waals surface area (Å²) in [6.07, 6.45) is 91.3. The SMILES string of the molecule is CC/C=C\C/C=C\C/C=C\C/C=C\C/C=C\C/C=C\CCCCC(=O)OCC(COC(=O)CCCCCCCCC/C=C\CCCCCCCC)OC(=O)CCCCCCC/C=C\C/C=C\C/C=C\C/C=C\C/C=C\CC. The highest BCUT2D eigenvalue weighted by Crippen LogP contribution is 2.14. The number of ether oxygens (including phenoxy) is 3. The zero-order valence-corrected chi connectivity index (χ0v) is 49.7. The zero-order chi connectivity index (χ0) is 55.7. The summed E-state index contributed by atoms with van der Waals surface area (Å²) in [5, 5.41) is 0. The highest BCUT2D eigenvalue weighted by atomic mass is 16.6. The van der Waals surface area contributed by atoms with Gasteiger partial charge in [-0.25, -0.2) is 0 Å². The van der Waals surface area contributed by atoms with Crippen molar-refractivity contribution in [3.63, 3.8) is 0 Å². The second-order valence-corrected chi connectivity index (χ2v) is 20.2. The normalized spacial score (nSPS) is 13.1. The minimum atomic E-state index is -0.817. The smallest absolute Gasteiger partial charge is 0.306 e. The van der Waals surface area contributed by atoms with E-state index in [-0.39, 0.29) is 37.5 Å². The summed E-state index contributed by atoms with van der Waals surface area (Å²) >= 11 is 0. The topological polar surface area (TPSA) is 78.9 Å². The molecular formula is C71H114O6. The number of hydrogen-bond acceptors (Lipinski definition) is 6. The standard InChI is InChI=1S/C71H114O6/c1-4-7-10-13-16-19-22-25-28-31-33-35-37-40-43-46-49-52-55-58-61-64-70(73)76-67-68(66-75-69(72)63-60-57-54-51-48-45-42-39-30-27-24-21-18-15-12-9-6-3)77-71(74)65-62-59-56-53-50-47-44-41-38-36-34-32-29-26-23-20-17-14-11-8-5-2/h7-8,10-11,16-17,19-20,25-30,33-36,40-41,43-44,49,52,68H,4-6,9,12-15,18,21-24,31-32,37-39,42,45-48,50-51,53-67H2,1-3H3/b10-7-,11-8-,19-16-,20-17-,28-25-,29-26-,30-27-,35-33-,36-34-,43-40-,44-41-,52-49-. The Labute approximate surface area is 474 Å². The monoisotopic (exact) mass is 1060 g/mol. The first-order valence-corrected chi connectivity index (χ1v) is 31.3. The van der Waals surface area contributed by atoms with Crippen LogP contribution in [0.3, 0.4) is 0 Å². The molecule has 0 radical (unpaired) electrons. The van der Waals surface area contributed by atoms with Crippen LogP contribution in [0, 0.1) is 0 Å². The highest BCUT2D eigenvalue weighted by molar-refractivity contribution is 5.71. The quantitative estimate of drug-likeness (QED) is 0.0261. The van der Waals surface area contributed by atoms with Gasteiger partial charge in [0.1, 0.15) is 13.2 Å². The summed E-state index contributed by atoms with van der Waals surface area (Å²) in [7, 11) is 0. The molecule has 0 aromatic heterocycles. The molecule has 0 saturated heterocycles. The summed E-state index contributed by atoms with van der Waals surface area (Å²) in [6, 6.07) is 0. The number of carbonyl (C=O) groups excluding carboxylic acids is 3. The van der Waals surface area contributed by atoms with Crippen LogP contribution in [0.1, 0.15) is 265 Å². The molecule has 0 aliphatic carbocycles. The van der Waals surface area contributed by atoms with Gasteiger partial charge in [0, 0.05) is 19.3 Å². The molecule has 0 rings (SSSR count). The molecule has 0 aliphatic heterocycles. The second kappa shape index (κ2) is 63.8. The Kier molecular flexibility index (Phi) is 59.9. The molecule has 1 unspecified atom stereocenters. The van der Waals surface area contributed by atoms with Crippen molar-refractivity contribution >= 4 is 17.9 Å². The molecule has 6 heteroatoms. The van der Waals surface area contributed by atoms with Crippen LogP contribution < -0.4 is 0 Å². The van der Waals surface area contributed by atoms with E-state index in [0.717, 1.165) is 141 Å². The van der Waals surface area contributed by atoms with Gasteiger partial charge >= 0.3 is 17.9 Å². The molecule has 434 valence electrons. The fraction of sp³-hybridized carbons (Fsp3) is 0.620. The molecule has 0 aromatic rings. The minimum Gasteiger partial charge on any atom is -0.462 e. The summed E-state index contributed by atoms with van der Waals surface area (Å²) < 4.78 is 16.9. The molecule has 0 N–H and O–H groups in total. The first kappa shape index (κ1) is 72.3. The Morgan fingerprint density at radius 2 is 0.506 bits per heavy atom. The van der Waals surface area contributed by atoms with Crippen LogP contribution in [-0.2, 0) is 28.6 Å². The van der Waals surface area contributed by atoms with Gasteiger partial charge in [-0.3, -0.25) is 14.4 Å². The molecule has 0 fully saturated rings. The summed E-state index contributed by atoms with van der Waals surface area (Å²) in [4.78, 5) is 38.3. The lowest BCUT2D eigenvalue weighted by atomic mass is 10.1. The third-order valence-corrected chi connectivity index (χ3v) is 12.8. The van der Waals surface area contributed by atoms with E-state index in [4.69, 9.17) is 14.2 Å². The summed E-state index contributed by atoms with van der Waals surface area (Å²) in [5.74, 6) is -0.977. The van der Waals surface area contributed by atoms with Crippen molar-refractivity contribution in [3.05, 3.63) is 146 Å². The Morgan fingerprint density at radius 1 is 0.273 bits per heavy atom. The predicted octanol–water partition coefficient (Wildman–Crippen LogP) is 21.5. The van der Waals surface area contributed by atoms with Gasteiger partial charge in [0.25, 0.3) is 0 Å². The molecule has 0 saturated carbocycles. The lowest BCUT2D eigenvalue weighted by Crippen LogP contribution is -2.30. The second-order valence-electron chi connectivity index (χ2n) is 20.2. The van der Waals surface area contributed by atoms with Crippen molar-refractivity contribution < 1.29 is 28.6 Å². The van der Waals surface area contributed by atoms with Gasteiger partial charge in [-0.2, -0.15) is 0 Å². The largest absolute Gasteiger partial charge is 0.462 e. The van der Waals surface area contributed by atoms with Crippen molar-refractivity contribution in [2.24, 2.45) is 0 Å². The number of esters is 3. The van der Waals surface area contributed by atoms with Crippen LogP contribution >= 0.6 is 0 Å². The Balaban J connectivity index is 4.54. The van der Waals surface area contributed by atoms with Crippen LogP contribution in [0.5, 0.6) is 0 Å². The van der Waals surface area contributed by atoms with Gasteiger partial charge in [-0.15, -0.1) is 0 Å². The molecule has 0 aromatic carbocycles. The van der Waals surface area contributed by atoms with Crippen LogP contribution in [0.25, 0.3) is 0 Å². The van der Waals surface area contributed by atoms with Crippen LogP contribution in [0.2, 0.25) is 0 Å². The molecule has 0 spiro atoms. The summed E-state index contributed by atoms with van der Waals surface area (Å²) in [5.41, 5.74) is 0. The number of allylic oxidation sites excluding steroid dienone is 24. The van der Waals surface area contributed by atoms with Crippen molar-refractivity contribution in [3.8, 4) is 0 Å². The van der Waals surface area contributed by atoms with E-state index in [1.54, 1.807) is 0 Å². The van der Waals surface area contributed by atoms with E-state index >= 15 is 0 Å². The van der Waals surface area contributed by atoms with Gasteiger partial charge in [-0.1, -0.05) is 250 Å². The van der Waals surface area contributed by atoms with Gasteiger partial charge < -0.3 is 14.2 Å². The molecule has 0 bridgehead atoms. The molecule has 0 heterocycles. The third kappa shape index (κ3) is 62.0. The zero-order valence-electron chi connectivity index (χ0n) is 49.7. The van der Waals surface area contributed by atoms with Crippen molar-refractivity contribution in [1.82, 2.24) is 0 Å². The predicted molar refractivity (Wildman–Crippen MR) is 334 cm³/mol. The van der Waals surface area contributed by atoms with Crippen molar-refractivity contribution in [2.45, 2.75) is 271 Å². The van der Waals surface area contributed by atoms with E-state index in [2.05, 4.69) is 167 Å². The molecule has 1 atom stereocenters. The number of unbranched alkanes of at least 4 members (excludes halogenated alkanes) is 20. The summed E-state index contributed by atoms with van der Waals surface area (Å²) in [6.45, 7) is 6.35. The highest BCUT2D eigenvalue weighted by Gasteiger charge is 2.19. The lowest BCUT2D eigenvalue weighted by Gasteiger charge is -2.18. The first-order chi connectivity index (χ1) is 38.0. The van der Waals surface area contributed by atoms with Gasteiger partial charge in [0.2, 0.25) is 0 Å². The van der Waals surface area contributed by atoms with Gasteiger partial charge in [0.05, 0.1) is 0 Å². The Morgan fingerprint density at radius 3 is 0.831 bits per heavy atom. The van der Waals surface area contributed by atoms with E-state index < -0.39 is 6.10 Å². The maximum absolute atomic E-state index is 12.9. The van der Waals surface area contributed by atoms with Gasteiger partial charge in [-0.05, 0) is 141 Å². The fourth-order valence-electron chi connectivity index (χ4n) is 8.17. The third-order valence-electron chi connectivity index (χ3n) is 12.8. The molecule has 77 heavy (non-hydrogen) atoms. The van der Waals surface area contributed by atoms with Crippen molar-refractivity contribution in [1.29, 1.82) is 0 Å². The maximum Gasteiger partial charge on any atom is 0.306 e. The van der Waals surface area contributed by atoms with E-state index in [1.807, 2.05) is 0 Å². The molecule has 0 amide bonds. The first-order valence-electron chi connectivity index (χ1n) is 31.3. The number of hydrogen-bond donors (Lipinski definition) is 0. The Bertz CT molecular complexity index is 1700. The van der Waals surface area contributed by atoms with Crippen molar-refractivity contribution in [2.75, 3.05) is 13.2 Å². The Hall–Kier alpha value is -4.71. The lowest BCUT2D eigenvalue weighted by molar-refractivity contribution is -0.167. The van der Waals surface area contributed by atoms with E-state index in [9.17, 15) is 14.4 Å². The van der Waals surface area contributed by atoms with E-state index in [1.165, 1.54) is 77.0 Å². The molecule has 6 nitrogen and oxygen atoms in total. The number of carbonyl (C=O) groups is 3. The molecular weight excluding hydrogens is 949 g/mol. The fourth-order valence-corrected chi connectivity index (χ4v) is 8.17. The minimum absolute atomic E-state index is 0.107. The average molecular weight is 1060 g/mol. The van der Waals surface area contributed by atoms with Crippen LogP contribution in [0.15, 0.2) is 146 Å². The van der Waals surface area contributed by atoms with Gasteiger partial charge in [0.15, 0.2) is 6.10 Å². The molecule has 0 aliphatic rings. The number of rotatable bonds is 55. The maximum atomic E-state index is 12.9. The van der Waals surface area contributed by atoms with E-state index in [0.29, 0.717) is 19.3 Å². The average Bonchev–Trinajstić information content (AvgIpc) is 3.43.